The first kappa shape index (κ1) is 13.6. The van der Waals surface area contributed by atoms with Gasteiger partial charge in [-0.15, -0.1) is 11.3 Å². The molecule has 0 saturated carbocycles. The Balaban J connectivity index is 2.13. The maximum Gasteiger partial charge on any atom is 0.0897 e. The van der Waals surface area contributed by atoms with Crippen LogP contribution in [0.3, 0.4) is 0 Å². The number of aryl methyl sites for hydroxylation is 1. The van der Waals surface area contributed by atoms with E-state index in [-0.39, 0.29) is 0 Å². The van der Waals surface area contributed by atoms with Gasteiger partial charge >= 0.3 is 0 Å². The van der Waals surface area contributed by atoms with Gasteiger partial charge in [0.1, 0.15) is 0 Å². The molecule has 1 heterocycles. The summed E-state index contributed by atoms with van der Waals surface area (Å²) in [6.07, 6.45) is 1.95. The fraction of sp³-hybridized carbons (Fsp3) is 0.750. The van der Waals surface area contributed by atoms with Crippen molar-refractivity contribution in [2.24, 2.45) is 5.92 Å². The summed E-state index contributed by atoms with van der Waals surface area (Å²) in [5.74, 6) is 0.613. The summed E-state index contributed by atoms with van der Waals surface area (Å²) in [7, 11) is 0. The molecule has 16 heavy (non-hydrogen) atoms. The zero-order valence-corrected chi connectivity index (χ0v) is 11.4. The zero-order valence-electron chi connectivity index (χ0n) is 10.6. The molecule has 92 valence electrons. The molecule has 1 rings (SSSR count). The van der Waals surface area contributed by atoms with E-state index in [2.05, 4.69) is 31.1 Å². The molecule has 0 saturated heterocycles. The van der Waals surface area contributed by atoms with Gasteiger partial charge in [0.25, 0.3) is 0 Å². The molecular weight excluding hydrogens is 220 g/mol. The number of nitrogens with one attached hydrogen (secondary N) is 1. The summed E-state index contributed by atoms with van der Waals surface area (Å²) in [5.41, 5.74) is 0. The summed E-state index contributed by atoms with van der Waals surface area (Å²) >= 11 is 1.75. The number of nitrogens with zero attached hydrogens (tertiary/aromatic N) is 1. The molecular formula is C12H22N2OS. The lowest BCUT2D eigenvalue weighted by molar-refractivity contribution is 0.110. The predicted molar refractivity (Wildman–Crippen MR) is 68.9 cm³/mol. The molecule has 1 unspecified atom stereocenters. The minimum absolute atomic E-state index is 0.369. The summed E-state index contributed by atoms with van der Waals surface area (Å²) < 4.78 is 5.51. The van der Waals surface area contributed by atoms with Gasteiger partial charge in [-0.25, -0.2) is 4.98 Å². The van der Waals surface area contributed by atoms with Crippen molar-refractivity contribution >= 4 is 11.3 Å². The van der Waals surface area contributed by atoms with Crippen molar-refractivity contribution in [1.82, 2.24) is 10.3 Å². The predicted octanol–water partition coefficient (Wildman–Crippen LogP) is 2.77. The fourth-order valence-corrected chi connectivity index (χ4v) is 2.16. The fourth-order valence-electron chi connectivity index (χ4n) is 1.35. The monoisotopic (exact) mass is 242 g/mol. The second-order valence-corrected chi connectivity index (χ2v) is 5.69. The molecule has 0 radical (unpaired) electrons. The maximum absolute atomic E-state index is 5.51. The third kappa shape index (κ3) is 5.05. The summed E-state index contributed by atoms with van der Waals surface area (Å²) in [5, 5.41) is 4.56. The first-order valence-electron chi connectivity index (χ1n) is 5.83. The number of aromatic nitrogens is 1. The van der Waals surface area contributed by atoms with E-state index in [0.717, 1.165) is 24.8 Å². The number of thiazole rings is 1. The highest BCUT2D eigenvalue weighted by Gasteiger charge is 2.07. The van der Waals surface area contributed by atoms with E-state index < -0.39 is 0 Å². The van der Waals surface area contributed by atoms with Gasteiger partial charge in [-0.2, -0.15) is 0 Å². The Bertz CT molecular complexity index is 299. The quantitative estimate of drug-likeness (QED) is 0.747. The Morgan fingerprint density at radius 2 is 2.19 bits per heavy atom. The summed E-state index contributed by atoms with van der Waals surface area (Å²) in [6.45, 7) is 11.0. The lowest BCUT2D eigenvalue weighted by Gasteiger charge is -2.12. The maximum atomic E-state index is 5.51. The van der Waals surface area contributed by atoms with Crippen LogP contribution in [0.4, 0.5) is 0 Å². The molecule has 0 aliphatic rings. The van der Waals surface area contributed by atoms with Crippen LogP contribution in [0.15, 0.2) is 6.20 Å². The van der Waals surface area contributed by atoms with E-state index in [9.17, 15) is 0 Å². The molecule has 0 aliphatic carbocycles. The third-order valence-corrected chi connectivity index (χ3v) is 3.31. The van der Waals surface area contributed by atoms with Crippen molar-refractivity contribution < 1.29 is 4.74 Å². The second-order valence-electron chi connectivity index (χ2n) is 4.43. The number of rotatable bonds is 7. The van der Waals surface area contributed by atoms with Gasteiger partial charge in [-0.3, -0.25) is 0 Å². The van der Waals surface area contributed by atoms with E-state index in [1.165, 1.54) is 4.88 Å². The van der Waals surface area contributed by atoms with Gasteiger partial charge in [0.2, 0.25) is 0 Å². The van der Waals surface area contributed by atoms with Gasteiger partial charge in [-0.05, 0) is 19.8 Å². The van der Waals surface area contributed by atoms with Crippen molar-refractivity contribution in [3.63, 3.8) is 0 Å². The standard InChI is InChI=1S/C12H22N2OS/c1-9(2)8-15-6-5-13-10(3)12-7-14-11(4)16-12/h7,9-10,13H,5-6,8H2,1-4H3. The van der Waals surface area contributed by atoms with Crippen LogP contribution < -0.4 is 5.32 Å². The number of hydrogen-bond acceptors (Lipinski definition) is 4. The molecule has 1 N–H and O–H groups in total. The van der Waals surface area contributed by atoms with Crippen LogP contribution in [0.5, 0.6) is 0 Å². The average molecular weight is 242 g/mol. The molecule has 0 amide bonds. The van der Waals surface area contributed by atoms with E-state index in [1.807, 2.05) is 13.1 Å². The van der Waals surface area contributed by atoms with Gasteiger partial charge in [0, 0.05) is 30.3 Å². The number of hydrogen-bond donors (Lipinski definition) is 1. The van der Waals surface area contributed by atoms with Crippen molar-refractivity contribution in [3.8, 4) is 0 Å². The SMILES string of the molecule is Cc1ncc(C(C)NCCOCC(C)C)s1. The van der Waals surface area contributed by atoms with Crippen LogP contribution >= 0.6 is 11.3 Å². The lowest BCUT2D eigenvalue weighted by Crippen LogP contribution is -2.23. The zero-order chi connectivity index (χ0) is 12.0. The molecule has 0 aromatic carbocycles. The van der Waals surface area contributed by atoms with Gasteiger partial charge in [0.05, 0.1) is 11.6 Å². The number of ether oxygens (including phenoxy) is 1. The van der Waals surface area contributed by atoms with Crippen LogP contribution in [0.1, 0.15) is 36.7 Å². The van der Waals surface area contributed by atoms with E-state index in [4.69, 9.17) is 4.74 Å². The normalized spacial score (nSPS) is 13.3. The lowest BCUT2D eigenvalue weighted by atomic mass is 10.2. The van der Waals surface area contributed by atoms with Gasteiger partial charge < -0.3 is 10.1 Å². The van der Waals surface area contributed by atoms with Crippen molar-refractivity contribution in [3.05, 3.63) is 16.1 Å². The topological polar surface area (TPSA) is 34.2 Å². The van der Waals surface area contributed by atoms with Crippen molar-refractivity contribution in [2.75, 3.05) is 19.8 Å². The Kier molecular flexibility index (Phi) is 5.95. The highest BCUT2D eigenvalue weighted by molar-refractivity contribution is 7.11. The summed E-state index contributed by atoms with van der Waals surface area (Å²) in [6, 6.07) is 0.369. The Morgan fingerprint density at radius 3 is 2.75 bits per heavy atom. The Hall–Kier alpha value is -0.450. The highest BCUT2D eigenvalue weighted by atomic mass is 32.1. The first-order chi connectivity index (χ1) is 7.59. The first-order valence-corrected chi connectivity index (χ1v) is 6.64. The van der Waals surface area contributed by atoms with E-state index >= 15 is 0 Å². The van der Waals surface area contributed by atoms with Crippen LogP contribution in [0, 0.1) is 12.8 Å². The third-order valence-electron chi connectivity index (χ3n) is 2.21. The molecule has 0 spiro atoms. The smallest absolute Gasteiger partial charge is 0.0897 e. The minimum atomic E-state index is 0.369. The molecule has 3 nitrogen and oxygen atoms in total. The van der Waals surface area contributed by atoms with Crippen LogP contribution in [-0.4, -0.2) is 24.7 Å². The van der Waals surface area contributed by atoms with Crippen LogP contribution in [0.25, 0.3) is 0 Å². The second kappa shape index (κ2) is 6.99. The molecule has 4 heteroatoms. The average Bonchev–Trinajstić information content (AvgIpc) is 2.63. The van der Waals surface area contributed by atoms with E-state index in [1.54, 1.807) is 11.3 Å². The largest absolute Gasteiger partial charge is 0.380 e. The van der Waals surface area contributed by atoms with Crippen LogP contribution in [-0.2, 0) is 4.74 Å². The van der Waals surface area contributed by atoms with E-state index in [0.29, 0.717) is 12.0 Å². The molecule has 0 bridgehead atoms. The van der Waals surface area contributed by atoms with Gasteiger partial charge in [0.15, 0.2) is 0 Å². The minimum Gasteiger partial charge on any atom is -0.380 e. The van der Waals surface area contributed by atoms with Crippen molar-refractivity contribution in [2.45, 2.75) is 33.7 Å². The summed E-state index contributed by atoms with van der Waals surface area (Å²) in [4.78, 5) is 5.55. The van der Waals surface area contributed by atoms with Gasteiger partial charge in [-0.1, -0.05) is 13.8 Å². The highest BCUT2D eigenvalue weighted by Crippen LogP contribution is 2.19. The Labute approximate surface area is 102 Å². The molecule has 1 aromatic rings. The molecule has 1 atom stereocenters. The molecule has 0 aliphatic heterocycles. The molecule has 1 aromatic heterocycles. The van der Waals surface area contributed by atoms with Crippen molar-refractivity contribution in [1.29, 1.82) is 0 Å². The van der Waals surface area contributed by atoms with Crippen LogP contribution in [0.2, 0.25) is 0 Å². The molecule has 0 fully saturated rings. The Morgan fingerprint density at radius 1 is 1.44 bits per heavy atom.